The van der Waals surface area contributed by atoms with E-state index in [0.29, 0.717) is 16.1 Å². The quantitative estimate of drug-likeness (QED) is 0.335. The van der Waals surface area contributed by atoms with Crippen molar-refractivity contribution in [3.05, 3.63) is 65.5 Å². The van der Waals surface area contributed by atoms with Crippen molar-refractivity contribution in [1.82, 2.24) is 0 Å². The van der Waals surface area contributed by atoms with Gasteiger partial charge in [-0.15, -0.1) is 0 Å². The highest BCUT2D eigenvalue weighted by molar-refractivity contribution is 5.99. The predicted octanol–water partition coefficient (Wildman–Crippen LogP) is 3.78. The number of hydrogen-bond donors (Lipinski definition) is 1. The summed E-state index contributed by atoms with van der Waals surface area (Å²) >= 11 is 0. The average Bonchev–Trinajstić information content (AvgIpc) is 2.50. The Balaban J connectivity index is 2.08. The Morgan fingerprint density at radius 1 is 1.00 bits per heavy atom. The van der Waals surface area contributed by atoms with Crippen LogP contribution in [-0.4, -0.2) is 0 Å². The van der Waals surface area contributed by atoms with Gasteiger partial charge in [0.25, 0.3) is 0 Å². The van der Waals surface area contributed by atoms with Crippen molar-refractivity contribution >= 4 is 28.0 Å². The highest BCUT2D eigenvalue weighted by atomic mass is 16.5. The van der Waals surface area contributed by atoms with Crippen molar-refractivity contribution in [2.45, 2.75) is 6.92 Å². The van der Waals surface area contributed by atoms with Gasteiger partial charge in [0.15, 0.2) is 0 Å². The molecule has 0 amide bonds. The van der Waals surface area contributed by atoms with Gasteiger partial charge in [-0.2, -0.15) is 0 Å². The molecule has 104 valence electrons. The van der Waals surface area contributed by atoms with E-state index in [1.165, 1.54) is 6.20 Å². The van der Waals surface area contributed by atoms with Crippen LogP contribution >= 0.6 is 0 Å². The lowest BCUT2D eigenvalue weighted by molar-refractivity contribution is -0.591. The van der Waals surface area contributed by atoms with Gasteiger partial charge < -0.3 is 10.9 Å². The summed E-state index contributed by atoms with van der Waals surface area (Å²) in [7, 11) is 0. The summed E-state index contributed by atoms with van der Waals surface area (Å²) in [5.74, 6) is 0.260. The molecule has 0 fully saturated rings. The molecule has 0 unspecified atom stereocenters. The SMILES string of the molecule is Cc1cc[n+]([O-])c(N=Nc2ccc(N)c3ccccc23)c1. The van der Waals surface area contributed by atoms with Crippen LogP contribution in [0.2, 0.25) is 0 Å². The monoisotopic (exact) mass is 278 g/mol. The van der Waals surface area contributed by atoms with E-state index in [1.54, 1.807) is 24.3 Å². The summed E-state index contributed by atoms with van der Waals surface area (Å²) in [6.07, 6.45) is 1.42. The summed E-state index contributed by atoms with van der Waals surface area (Å²) in [6, 6.07) is 14.7. The topological polar surface area (TPSA) is 77.7 Å². The Morgan fingerprint density at radius 2 is 1.76 bits per heavy atom. The van der Waals surface area contributed by atoms with Crippen molar-refractivity contribution in [1.29, 1.82) is 0 Å². The number of fused-ring (bicyclic) bond motifs is 1. The van der Waals surface area contributed by atoms with E-state index in [-0.39, 0.29) is 5.82 Å². The van der Waals surface area contributed by atoms with Crippen LogP contribution in [0.25, 0.3) is 10.8 Å². The number of aromatic nitrogens is 1. The highest BCUT2D eigenvalue weighted by Gasteiger charge is 2.07. The van der Waals surface area contributed by atoms with Crippen LogP contribution in [-0.2, 0) is 0 Å². The highest BCUT2D eigenvalue weighted by Crippen LogP contribution is 2.30. The summed E-state index contributed by atoms with van der Waals surface area (Å²) in [5.41, 5.74) is 8.28. The molecule has 0 bridgehead atoms. The maximum Gasteiger partial charge on any atom is 0.353 e. The number of benzene rings is 2. The van der Waals surface area contributed by atoms with E-state index in [9.17, 15) is 5.21 Å². The third-order valence-corrected chi connectivity index (χ3v) is 3.25. The number of aryl methyl sites for hydroxylation is 1. The summed E-state index contributed by atoms with van der Waals surface area (Å²) in [6.45, 7) is 1.90. The van der Waals surface area contributed by atoms with E-state index >= 15 is 0 Å². The van der Waals surface area contributed by atoms with Gasteiger partial charge in [-0.25, -0.2) is 4.73 Å². The minimum atomic E-state index is 0.260. The van der Waals surface area contributed by atoms with Crippen LogP contribution in [0.3, 0.4) is 0 Å². The van der Waals surface area contributed by atoms with Crippen LogP contribution in [0.4, 0.5) is 17.2 Å². The molecule has 5 heteroatoms. The molecule has 1 aromatic heterocycles. The first-order valence-electron chi connectivity index (χ1n) is 6.54. The Kier molecular flexibility index (Phi) is 3.23. The molecule has 3 aromatic rings. The standard InChI is InChI=1S/C16H14N4O/c1-11-8-9-20(21)16(10-11)19-18-15-7-6-14(17)12-4-2-3-5-13(12)15/h2-10H,17H2,1H3. The van der Waals surface area contributed by atoms with Gasteiger partial charge in [0.05, 0.1) is 11.3 Å². The number of nitrogens with zero attached hydrogens (tertiary/aromatic N) is 3. The van der Waals surface area contributed by atoms with Crippen LogP contribution in [0.15, 0.2) is 65.0 Å². The van der Waals surface area contributed by atoms with Gasteiger partial charge in [0.2, 0.25) is 0 Å². The van der Waals surface area contributed by atoms with Crippen LogP contribution < -0.4 is 10.5 Å². The molecule has 2 N–H and O–H groups in total. The first-order chi connectivity index (χ1) is 10.1. The second-order valence-corrected chi connectivity index (χ2v) is 4.81. The minimum absolute atomic E-state index is 0.260. The van der Waals surface area contributed by atoms with Crippen molar-refractivity contribution in [3.63, 3.8) is 0 Å². The molecule has 3 rings (SSSR count). The molecule has 0 saturated carbocycles. The predicted molar refractivity (Wildman–Crippen MR) is 82.7 cm³/mol. The first kappa shape index (κ1) is 13.1. The van der Waals surface area contributed by atoms with Gasteiger partial charge in [-0.05, 0) is 35.8 Å². The van der Waals surface area contributed by atoms with Crippen LogP contribution in [0.1, 0.15) is 5.56 Å². The molecular weight excluding hydrogens is 264 g/mol. The number of azo groups is 1. The molecule has 5 nitrogen and oxygen atoms in total. The van der Waals surface area contributed by atoms with Crippen molar-refractivity contribution in [2.75, 3.05) is 5.73 Å². The molecule has 2 aromatic carbocycles. The lowest BCUT2D eigenvalue weighted by atomic mass is 10.1. The van der Waals surface area contributed by atoms with Crippen LogP contribution in [0.5, 0.6) is 0 Å². The Morgan fingerprint density at radius 3 is 2.57 bits per heavy atom. The third-order valence-electron chi connectivity index (χ3n) is 3.25. The maximum atomic E-state index is 11.7. The van der Waals surface area contributed by atoms with Gasteiger partial charge in [-0.1, -0.05) is 24.3 Å². The van der Waals surface area contributed by atoms with Gasteiger partial charge in [-0.3, -0.25) is 0 Å². The number of anilines is 1. The fourth-order valence-electron chi connectivity index (χ4n) is 2.15. The number of nitrogen functional groups attached to an aromatic ring is 1. The smallest absolute Gasteiger partial charge is 0.353 e. The molecule has 0 aliphatic rings. The summed E-state index contributed by atoms with van der Waals surface area (Å²) in [5, 5.41) is 21.7. The molecule has 0 radical (unpaired) electrons. The molecule has 0 aliphatic heterocycles. The number of pyridine rings is 1. The molecular formula is C16H14N4O. The van der Waals surface area contributed by atoms with Crippen LogP contribution in [0, 0.1) is 12.1 Å². The Hall–Kier alpha value is -2.95. The molecule has 21 heavy (non-hydrogen) atoms. The number of rotatable bonds is 2. The summed E-state index contributed by atoms with van der Waals surface area (Å²) < 4.78 is 0.690. The molecule has 0 spiro atoms. The number of nitrogens with two attached hydrogens (primary N) is 1. The number of hydrogen-bond acceptors (Lipinski definition) is 4. The van der Waals surface area contributed by atoms with E-state index < -0.39 is 0 Å². The normalized spacial score (nSPS) is 11.3. The van der Waals surface area contributed by atoms with Gasteiger partial charge in [0.1, 0.15) is 5.69 Å². The van der Waals surface area contributed by atoms with E-state index in [1.807, 2.05) is 31.2 Å². The molecule has 1 heterocycles. The second kappa shape index (κ2) is 5.20. The Bertz CT molecular complexity index is 843. The molecule has 0 saturated heterocycles. The lowest BCUT2D eigenvalue weighted by Crippen LogP contribution is -2.25. The third kappa shape index (κ3) is 2.53. The molecule has 0 atom stereocenters. The van der Waals surface area contributed by atoms with E-state index in [0.717, 1.165) is 16.3 Å². The zero-order valence-electron chi connectivity index (χ0n) is 11.5. The van der Waals surface area contributed by atoms with Crippen molar-refractivity contribution < 1.29 is 4.73 Å². The zero-order valence-corrected chi connectivity index (χ0v) is 11.5. The van der Waals surface area contributed by atoms with Crippen molar-refractivity contribution in [3.8, 4) is 0 Å². The van der Waals surface area contributed by atoms with E-state index in [2.05, 4.69) is 10.2 Å². The Labute approximate surface area is 121 Å². The minimum Gasteiger partial charge on any atom is -0.710 e. The largest absolute Gasteiger partial charge is 0.710 e. The van der Waals surface area contributed by atoms with Crippen molar-refractivity contribution in [2.24, 2.45) is 10.2 Å². The second-order valence-electron chi connectivity index (χ2n) is 4.81. The zero-order chi connectivity index (χ0) is 14.8. The van der Waals surface area contributed by atoms with E-state index in [4.69, 9.17) is 5.73 Å². The van der Waals surface area contributed by atoms with Gasteiger partial charge in [0, 0.05) is 22.5 Å². The summed E-state index contributed by atoms with van der Waals surface area (Å²) in [4.78, 5) is 0. The lowest BCUT2D eigenvalue weighted by Gasteiger charge is -2.03. The maximum absolute atomic E-state index is 11.7. The first-order valence-corrected chi connectivity index (χ1v) is 6.54. The van der Waals surface area contributed by atoms with Gasteiger partial charge >= 0.3 is 5.82 Å². The fourth-order valence-corrected chi connectivity index (χ4v) is 2.15. The fraction of sp³-hybridized carbons (Fsp3) is 0.0625. The molecule has 0 aliphatic carbocycles. The average molecular weight is 278 g/mol.